The van der Waals surface area contributed by atoms with E-state index in [0.717, 1.165) is 16.8 Å². The maximum absolute atomic E-state index is 13.0. The van der Waals surface area contributed by atoms with E-state index in [1.54, 1.807) is 10.9 Å². The lowest BCUT2D eigenvalue weighted by Gasteiger charge is -2.13. The van der Waals surface area contributed by atoms with E-state index in [4.69, 9.17) is 0 Å². The number of amides is 3. The summed E-state index contributed by atoms with van der Waals surface area (Å²) in [5.41, 5.74) is 3.89. The van der Waals surface area contributed by atoms with E-state index in [9.17, 15) is 14.4 Å². The third kappa shape index (κ3) is 4.55. The van der Waals surface area contributed by atoms with Crippen LogP contribution in [0.1, 0.15) is 35.2 Å². The van der Waals surface area contributed by atoms with Crippen LogP contribution in [0.3, 0.4) is 0 Å². The number of likely N-dealkylation sites (tertiary alicyclic amines) is 1. The molecular formula is C24H24N4O3. The Balaban J connectivity index is 1.51. The Morgan fingerprint density at radius 1 is 1.03 bits per heavy atom. The van der Waals surface area contributed by atoms with Crippen molar-refractivity contribution < 1.29 is 14.4 Å². The van der Waals surface area contributed by atoms with Crippen LogP contribution < -0.4 is 5.32 Å². The molecule has 2 heterocycles. The summed E-state index contributed by atoms with van der Waals surface area (Å²) in [6, 6.07) is 17.5. The predicted molar refractivity (Wildman–Crippen MR) is 117 cm³/mol. The molecule has 7 nitrogen and oxygen atoms in total. The number of nitrogens with zero attached hydrogens (tertiary/aromatic N) is 3. The Bertz CT molecular complexity index is 1100. The van der Waals surface area contributed by atoms with E-state index in [2.05, 4.69) is 10.4 Å². The van der Waals surface area contributed by atoms with E-state index in [-0.39, 0.29) is 30.6 Å². The zero-order valence-corrected chi connectivity index (χ0v) is 17.4. The third-order valence-electron chi connectivity index (χ3n) is 5.27. The molecule has 0 saturated carbocycles. The minimum Gasteiger partial charge on any atom is -0.352 e. The molecule has 0 aliphatic carbocycles. The van der Waals surface area contributed by atoms with Crippen molar-refractivity contribution in [1.29, 1.82) is 0 Å². The van der Waals surface area contributed by atoms with Crippen molar-refractivity contribution in [2.24, 2.45) is 0 Å². The van der Waals surface area contributed by atoms with Gasteiger partial charge in [0, 0.05) is 37.7 Å². The lowest BCUT2D eigenvalue weighted by atomic mass is 10.1. The molecule has 4 rings (SSSR count). The van der Waals surface area contributed by atoms with Crippen molar-refractivity contribution in [3.8, 4) is 16.9 Å². The van der Waals surface area contributed by atoms with Gasteiger partial charge >= 0.3 is 0 Å². The molecule has 0 unspecified atom stereocenters. The average Bonchev–Trinajstić information content (AvgIpc) is 3.36. The molecule has 1 fully saturated rings. The smallest absolute Gasteiger partial charge is 0.255 e. The fourth-order valence-electron chi connectivity index (χ4n) is 3.67. The molecule has 1 saturated heterocycles. The molecule has 0 atom stereocenters. The van der Waals surface area contributed by atoms with Gasteiger partial charge in [0.1, 0.15) is 5.69 Å². The van der Waals surface area contributed by atoms with Crippen LogP contribution in [0, 0.1) is 6.92 Å². The van der Waals surface area contributed by atoms with E-state index < -0.39 is 0 Å². The van der Waals surface area contributed by atoms with E-state index in [0.29, 0.717) is 30.8 Å². The van der Waals surface area contributed by atoms with Crippen LogP contribution in [0.25, 0.3) is 16.9 Å². The van der Waals surface area contributed by atoms with Gasteiger partial charge in [0.25, 0.3) is 5.91 Å². The molecule has 0 spiro atoms. The van der Waals surface area contributed by atoms with E-state index >= 15 is 0 Å². The highest BCUT2D eigenvalue weighted by Gasteiger charge is 2.28. The summed E-state index contributed by atoms with van der Waals surface area (Å²) in [4.78, 5) is 37.7. The van der Waals surface area contributed by atoms with Crippen LogP contribution in [0.4, 0.5) is 0 Å². The molecule has 7 heteroatoms. The first-order chi connectivity index (χ1) is 15.0. The number of benzene rings is 2. The second kappa shape index (κ2) is 8.95. The fraction of sp³-hybridized carbons (Fsp3) is 0.250. The molecule has 3 aromatic rings. The fourth-order valence-corrected chi connectivity index (χ4v) is 3.67. The number of carbonyl (C=O) groups excluding carboxylic acids is 3. The Morgan fingerprint density at radius 2 is 1.77 bits per heavy atom. The monoisotopic (exact) mass is 416 g/mol. The van der Waals surface area contributed by atoms with Crippen molar-refractivity contribution in [2.45, 2.75) is 26.2 Å². The van der Waals surface area contributed by atoms with Crippen LogP contribution in [0.15, 0.2) is 60.8 Å². The van der Waals surface area contributed by atoms with Gasteiger partial charge in [-0.25, -0.2) is 4.68 Å². The van der Waals surface area contributed by atoms with Crippen molar-refractivity contribution in [3.05, 3.63) is 71.9 Å². The highest BCUT2D eigenvalue weighted by Crippen LogP contribution is 2.24. The van der Waals surface area contributed by atoms with Crippen LogP contribution >= 0.6 is 0 Å². The van der Waals surface area contributed by atoms with Gasteiger partial charge in [-0.3, -0.25) is 19.3 Å². The molecule has 31 heavy (non-hydrogen) atoms. The lowest BCUT2D eigenvalue weighted by molar-refractivity contribution is -0.138. The maximum Gasteiger partial charge on any atom is 0.255 e. The maximum atomic E-state index is 13.0. The molecule has 1 N–H and O–H groups in total. The quantitative estimate of drug-likeness (QED) is 0.474. The van der Waals surface area contributed by atoms with Gasteiger partial charge in [0.05, 0.1) is 11.3 Å². The van der Waals surface area contributed by atoms with Crippen molar-refractivity contribution in [3.63, 3.8) is 0 Å². The Morgan fingerprint density at radius 3 is 2.48 bits per heavy atom. The minimum absolute atomic E-state index is 0.137. The number of aromatic nitrogens is 2. The normalized spacial score (nSPS) is 13.6. The second-order valence-corrected chi connectivity index (χ2v) is 7.59. The minimum atomic E-state index is -0.238. The summed E-state index contributed by atoms with van der Waals surface area (Å²) in [7, 11) is 0. The van der Waals surface area contributed by atoms with Crippen LogP contribution in [0.5, 0.6) is 0 Å². The molecule has 1 aromatic heterocycles. The molecular weight excluding hydrogens is 392 g/mol. The zero-order chi connectivity index (χ0) is 21.8. The largest absolute Gasteiger partial charge is 0.352 e. The first-order valence-electron chi connectivity index (χ1n) is 10.4. The molecule has 1 aliphatic heterocycles. The van der Waals surface area contributed by atoms with E-state index in [1.165, 1.54) is 4.90 Å². The number of nitrogens with one attached hydrogen (secondary N) is 1. The van der Waals surface area contributed by atoms with Gasteiger partial charge in [-0.2, -0.15) is 5.10 Å². The Kier molecular flexibility index (Phi) is 5.93. The molecule has 0 radical (unpaired) electrons. The Hall–Kier alpha value is -3.74. The van der Waals surface area contributed by atoms with Gasteiger partial charge in [-0.1, -0.05) is 42.0 Å². The van der Waals surface area contributed by atoms with Crippen LogP contribution in [-0.2, 0) is 9.59 Å². The molecule has 3 amide bonds. The summed E-state index contributed by atoms with van der Waals surface area (Å²) in [6.45, 7) is 2.68. The number of hydrogen-bond donors (Lipinski definition) is 1. The van der Waals surface area contributed by atoms with Crippen molar-refractivity contribution in [1.82, 2.24) is 20.0 Å². The topological polar surface area (TPSA) is 84.3 Å². The van der Waals surface area contributed by atoms with E-state index in [1.807, 2.05) is 61.5 Å². The second-order valence-electron chi connectivity index (χ2n) is 7.59. The summed E-state index contributed by atoms with van der Waals surface area (Å²) < 4.78 is 1.70. The van der Waals surface area contributed by atoms with Crippen LogP contribution in [0.2, 0.25) is 0 Å². The van der Waals surface area contributed by atoms with Gasteiger partial charge < -0.3 is 5.32 Å². The highest BCUT2D eigenvalue weighted by molar-refractivity contribution is 6.02. The number of para-hydroxylation sites is 1. The standard InChI is InChI=1S/C24H24N4O3/c1-17-7-5-8-18(15-17)23-20(16-28(26-23)19-9-3-2-4-10-19)24(31)25-13-6-14-27-21(29)11-12-22(27)30/h2-5,7-10,15-16H,6,11-14H2,1H3,(H,25,31). The molecule has 158 valence electrons. The number of hydrogen-bond acceptors (Lipinski definition) is 4. The summed E-state index contributed by atoms with van der Waals surface area (Å²) in [5.74, 6) is -0.512. The number of imide groups is 1. The summed E-state index contributed by atoms with van der Waals surface area (Å²) in [6.07, 6.45) is 2.80. The van der Waals surface area contributed by atoms with Crippen molar-refractivity contribution in [2.75, 3.05) is 13.1 Å². The van der Waals surface area contributed by atoms with Crippen molar-refractivity contribution >= 4 is 17.7 Å². The molecule has 1 aliphatic rings. The van der Waals surface area contributed by atoms with Crippen LogP contribution in [-0.4, -0.2) is 45.5 Å². The zero-order valence-electron chi connectivity index (χ0n) is 17.4. The van der Waals surface area contributed by atoms with Gasteiger partial charge in [-0.05, 0) is 31.5 Å². The predicted octanol–water partition coefficient (Wildman–Crippen LogP) is 3.12. The average molecular weight is 416 g/mol. The summed E-state index contributed by atoms with van der Waals surface area (Å²) in [5, 5.41) is 7.58. The summed E-state index contributed by atoms with van der Waals surface area (Å²) >= 11 is 0. The molecule has 2 aromatic carbocycles. The first kappa shape index (κ1) is 20.5. The SMILES string of the molecule is Cc1cccc(-c2nn(-c3ccccc3)cc2C(=O)NCCCN2C(=O)CCC2=O)c1. The van der Waals surface area contributed by atoms with Gasteiger partial charge in [0.15, 0.2) is 0 Å². The highest BCUT2D eigenvalue weighted by atomic mass is 16.2. The van der Waals surface area contributed by atoms with Gasteiger partial charge in [0.2, 0.25) is 11.8 Å². The lowest BCUT2D eigenvalue weighted by Crippen LogP contribution is -2.33. The Labute approximate surface area is 180 Å². The number of aryl methyl sites for hydroxylation is 1. The third-order valence-corrected chi connectivity index (χ3v) is 5.27. The molecule has 0 bridgehead atoms. The first-order valence-corrected chi connectivity index (χ1v) is 10.4. The van der Waals surface area contributed by atoms with Gasteiger partial charge in [-0.15, -0.1) is 0 Å². The number of rotatable bonds is 7. The number of carbonyl (C=O) groups is 3.